The molecule has 1 fully saturated rings. The summed E-state index contributed by atoms with van der Waals surface area (Å²) in [4.78, 5) is 13.7. The summed E-state index contributed by atoms with van der Waals surface area (Å²) in [6.45, 7) is 6.74. The van der Waals surface area contributed by atoms with Crippen LogP contribution in [0, 0.1) is 5.92 Å². The first kappa shape index (κ1) is 16.6. The third-order valence-electron chi connectivity index (χ3n) is 3.87. The van der Waals surface area contributed by atoms with Crippen molar-refractivity contribution in [2.24, 2.45) is 5.92 Å². The van der Waals surface area contributed by atoms with E-state index in [4.69, 9.17) is 4.74 Å². The van der Waals surface area contributed by atoms with Gasteiger partial charge in [-0.2, -0.15) is 0 Å². The number of carbonyl (C=O) groups is 1. The van der Waals surface area contributed by atoms with Crippen molar-refractivity contribution >= 4 is 6.09 Å². The summed E-state index contributed by atoms with van der Waals surface area (Å²) in [5.74, 6) is 0.305. The summed E-state index contributed by atoms with van der Waals surface area (Å²) in [7, 11) is 0. The highest BCUT2D eigenvalue weighted by Gasteiger charge is 2.30. The number of hydrogen-bond acceptors (Lipinski definition) is 4. The largest absolute Gasteiger partial charge is 0.508 e. The topological polar surface area (TPSA) is 70.0 Å². The van der Waals surface area contributed by atoms with Gasteiger partial charge >= 0.3 is 6.09 Å². The lowest BCUT2D eigenvalue weighted by Gasteiger charge is -2.35. The van der Waals surface area contributed by atoms with Crippen molar-refractivity contribution in [2.75, 3.05) is 13.1 Å². The van der Waals surface area contributed by atoms with E-state index < -0.39 is 11.7 Å². The number of ether oxygens (including phenoxy) is 1. The van der Waals surface area contributed by atoms with Gasteiger partial charge in [0, 0.05) is 13.1 Å². The van der Waals surface area contributed by atoms with E-state index in [2.05, 4.69) is 0 Å². The number of hydrogen-bond donors (Lipinski definition) is 2. The van der Waals surface area contributed by atoms with Gasteiger partial charge in [-0.25, -0.2) is 4.79 Å². The first-order valence-electron chi connectivity index (χ1n) is 7.71. The molecular formula is C17H25NO4. The van der Waals surface area contributed by atoms with Crippen LogP contribution in [0.2, 0.25) is 0 Å². The van der Waals surface area contributed by atoms with Crippen molar-refractivity contribution < 1.29 is 19.7 Å². The molecule has 1 aliphatic rings. The first-order chi connectivity index (χ1) is 10.3. The van der Waals surface area contributed by atoms with E-state index in [-0.39, 0.29) is 17.8 Å². The maximum absolute atomic E-state index is 12.0. The van der Waals surface area contributed by atoms with Crippen LogP contribution in [0.1, 0.15) is 45.3 Å². The Labute approximate surface area is 131 Å². The molecule has 1 heterocycles. The normalized spacial score (nSPS) is 18.1. The second kappa shape index (κ2) is 6.57. The maximum atomic E-state index is 12.0. The summed E-state index contributed by atoms with van der Waals surface area (Å²) in [5, 5.41) is 19.7. The van der Waals surface area contributed by atoms with E-state index >= 15 is 0 Å². The molecule has 1 unspecified atom stereocenters. The zero-order valence-corrected chi connectivity index (χ0v) is 13.5. The quantitative estimate of drug-likeness (QED) is 0.881. The van der Waals surface area contributed by atoms with Crippen LogP contribution in [0.4, 0.5) is 4.79 Å². The van der Waals surface area contributed by atoms with Crippen molar-refractivity contribution in [2.45, 2.75) is 45.3 Å². The van der Waals surface area contributed by atoms with Crippen molar-refractivity contribution in [1.29, 1.82) is 0 Å². The van der Waals surface area contributed by atoms with Gasteiger partial charge in [0.2, 0.25) is 0 Å². The van der Waals surface area contributed by atoms with E-state index in [1.807, 2.05) is 20.8 Å². The number of rotatable bonds is 2. The molecular weight excluding hydrogens is 282 g/mol. The minimum atomic E-state index is -0.568. The first-order valence-corrected chi connectivity index (χ1v) is 7.71. The molecule has 0 aliphatic carbocycles. The molecule has 1 saturated heterocycles. The smallest absolute Gasteiger partial charge is 0.410 e. The molecule has 0 aromatic heterocycles. The number of aliphatic hydroxyl groups excluding tert-OH is 1. The molecule has 0 bridgehead atoms. The van der Waals surface area contributed by atoms with Crippen LogP contribution >= 0.6 is 0 Å². The second-order valence-corrected chi connectivity index (χ2v) is 6.84. The predicted molar refractivity (Wildman–Crippen MR) is 83.6 cm³/mol. The predicted octanol–water partition coefficient (Wildman–Crippen LogP) is 3.07. The van der Waals surface area contributed by atoms with E-state index in [0.717, 1.165) is 18.4 Å². The summed E-state index contributed by atoms with van der Waals surface area (Å²) >= 11 is 0. The van der Waals surface area contributed by atoms with E-state index in [9.17, 15) is 15.0 Å². The number of phenolic OH excluding ortho intramolecular Hbond substituents is 1. The Kier molecular flexibility index (Phi) is 4.96. The highest BCUT2D eigenvalue weighted by atomic mass is 16.6. The molecule has 122 valence electrons. The number of amides is 1. The lowest BCUT2D eigenvalue weighted by atomic mass is 9.87. The van der Waals surface area contributed by atoms with Crippen molar-refractivity contribution in [3.05, 3.63) is 29.8 Å². The average molecular weight is 307 g/mol. The van der Waals surface area contributed by atoms with Crippen LogP contribution in [-0.4, -0.2) is 39.9 Å². The average Bonchev–Trinajstić information content (AvgIpc) is 2.46. The van der Waals surface area contributed by atoms with Gasteiger partial charge in [-0.3, -0.25) is 0 Å². The van der Waals surface area contributed by atoms with Gasteiger partial charge in [0.15, 0.2) is 0 Å². The Morgan fingerprint density at radius 2 is 1.77 bits per heavy atom. The number of phenols is 1. The number of aromatic hydroxyl groups is 1. The second-order valence-electron chi connectivity index (χ2n) is 6.84. The molecule has 5 heteroatoms. The fourth-order valence-corrected chi connectivity index (χ4v) is 2.67. The Morgan fingerprint density at radius 1 is 1.23 bits per heavy atom. The maximum Gasteiger partial charge on any atom is 0.410 e. The molecule has 2 N–H and O–H groups in total. The summed E-state index contributed by atoms with van der Waals surface area (Å²) in [5.41, 5.74) is 0.313. The number of benzene rings is 1. The molecule has 0 saturated carbocycles. The third-order valence-corrected chi connectivity index (χ3v) is 3.87. The van der Waals surface area contributed by atoms with Gasteiger partial charge in [0.05, 0.1) is 6.10 Å². The number of likely N-dealkylation sites (tertiary alicyclic amines) is 1. The minimum absolute atomic E-state index is 0.114. The fraction of sp³-hybridized carbons (Fsp3) is 0.588. The number of piperidine rings is 1. The van der Waals surface area contributed by atoms with Crippen LogP contribution in [0.25, 0.3) is 0 Å². The van der Waals surface area contributed by atoms with Crippen LogP contribution in [0.15, 0.2) is 24.3 Å². The highest BCUT2D eigenvalue weighted by molar-refractivity contribution is 5.68. The van der Waals surface area contributed by atoms with E-state index in [1.54, 1.807) is 29.2 Å². The molecule has 0 radical (unpaired) electrons. The standard InChI is InChI=1S/C17H25NO4/c1-17(2,3)22-16(21)18-10-8-13(9-11-18)15(20)12-4-6-14(19)7-5-12/h4-7,13,15,19-20H,8-11H2,1-3H3. The van der Waals surface area contributed by atoms with Crippen molar-refractivity contribution in [3.8, 4) is 5.75 Å². The van der Waals surface area contributed by atoms with Crippen LogP contribution < -0.4 is 0 Å². The van der Waals surface area contributed by atoms with Crippen LogP contribution in [0.3, 0.4) is 0 Å². The summed E-state index contributed by atoms with van der Waals surface area (Å²) < 4.78 is 5.37. The molecule has 0 spiro atoms. The van der Waals surface area contributed by atoms with E-state index in [1.165, 1.54) is 0 Å². The van der Waals surface area contributed by atoms with Crippen molar-refractivity contribution in [1.82, 2.24) is 4.90 Å². The van der Waals surface area contributed by atoms with Gasteiger partial charge in [-0.1, -0.05) is 12.1 Å². The molecule has 1 amide bonds. The molecule has 22 heavy (non-hydrogen) atoms. The minimum Gasteiger partial charge on any atom is -0.508 e. The van der Waals surface area contributed by atoms with Gasteiger partial charge in [-0.05, 0) is 57.2 Å². The fourth-order valence-electron chi connectivity index (χ4n) is 2.67. The highest BCUT2D eigenvalue weighted by Crippen LogP contribution is 2.31. The zero-order valence-electron chi connectivity index (χ0n) is 13.5. The number of carbonyl (C=O) groups excluding carboxylic acids is 1. The van der Waals surface area contributed by atoms with Gasteiger partial charge in [0.25, 0.3) is 0 Å². The van der Waals surface area contributed by atoms with Gasteiger partial charge in [0.1, 0.15) is 11.4 Å². The number of aliphatic hydroxyl groups is 1. The SMILES string of the molecule is CC(C)(C)OC(=O)N1CCC(C(O)c2ccc(O)cc2)CC1. The van der Waals surface area contributed by atoms with Gasteiger partial charge < -0.3 is 19.8 Å². The van der Waals surface area contributed by atoms with Crippen LogP contribution in [-0.2, 0) is 4.74 Å². The Morgan fingerprint density at radius 3 is 2.27 bits per heavy atom. The lowest BCUT2D eigenvalue weighted by molar-refractivity contribution is 0.00766. The van der Waals surface area contributed by atoms with Gasteiger partial charge in [-0.15, -0.1) is 0 Å². The molecule has 5 nitrogen and oxygen atoms in total. The summed E-state index contributed by atoms with van der Waals surface area (Å²) in [6.07, 6.45) is 0.620. The monoisotopic (exact) mass is 307 g/mol. The third kappa shape index (κ3) is 4.37. The Bertz CT molecular complexity index is 498. The summed E-state index contributed by atoms with van der Waals surface area (Å²) in [6, 6.07) is 6.63. The number of nitrogens with zero attached hydrogens (tertiary/aromatic N) is 1. The zero-order chi connectivity index (χ0) is 16.3. The van der Waals surface area contributed by atoms with Crippen molar-refractivity contribution in [3.63, 3.8) is 0 Å². The molecule has 1 aromatic carbocycles. The van der Waals surface area contributed by atoms with E-state index in [0.29, 0.717) is 13.1 Å². The molecule has 1 aromatic rings. The van der Waals surface area contributed by atoms with Crippen LogP contribution in [0.5, 0.6) is 5.75 Å². The Balaban J connectivity index is 1.89. The lowest BCUT2D eigenvalue weighted by Crippen LogP contribution is -2.42. The molecule has 1 atom stereocenters. The Hall–Kier alpha value is -1.75. The molecule has 2 rings (SSSR count). The molecule has 1 aliphatic heterocycles.